The predicted molar refractivity (Wildman–Crippen MR) is 78.1 cm³/mol. The van der Waals surface area contributed by atoms with E-state index in [0.29, 0.717) is 13.2 Å². The Bertz CT molecular complexity index is 556. The molecule has 7 heteroatoms. The van der Waals surface area contributed by atoms with Crippen molar-refractivity contribution in [3.63, 3.8) is 0 Å². The highest BCUT2D eigenvalue weighted by Gasteiger charge is 2.14. The second-order valence-electron chi connectivity index (χ2n) is 4.21. The van der Waals surface area contributed by atoms with Gasteiger partial charge in [0, 0.05) is 13.1 Å². The molecule has 20 heavy (non-hydrogen) atoms. The molecule has 104 valence electrons. The third-order valence-electron chi connectivity index (χ3n) is 2.91. The van der Waals surface area contributed by atoms with Crippen LogP contribution in [-0.4, -0.2) is 37.9 Å². The fraction of sp³-hybridized carbons (Fsp3) is 0.308. The molecule has 0 spiro atoms. The topological polar surface area (TPSA) is 111 Å². The minimum Gasteiger partial charge on any atom is -0.382 e. The van der Waals surface area contributed by atoms with Gasteiger partial charge in [0.05, 0.1) is 24.6 Å². The van der Waals surface area contributed by atoms with Crippen LogP contribution in [0.15, 0.2) is 29.4 Å². The quantitative estimate of drug-likeness (QED) is 0.425. The summed E-state index contributed by atoms with van der Waals surface area (Å²) in [6.07, 6.45) is 0. The van der Waals surface area contributed by atoms with Gasteiger partial charge in [0.1, 0.15) is 6.07 Å². The fourth-order valence-electron chi connectivity index (χ4n) is 1.91. The molecule has 1 saturated heterocycles. The Balaban J connectivity index is 2.20. The van der Waals surface area contributed by atoms with Crippen LogP contribution in [0.1, 0.15) is 0 Å². The van der Waals surface area contributed by atoms with Gasteiger partial charge in [-0.1, -0.05) is 12.1 Å². The number of benzene rings is 1. The van der Waals surface area contributed by atoms with Crippen LogP contribution < -0.4 is 16.1 Å². The molecule has 0 saturated carbocycles. The summed E-state index contributed by atoms with van der Waals surface area (Å²) in [5, 5.41) is 19.9. The number of nitrogens with two attached hydrogens (primary N) is 1. The lowest BCUT2D eigenvalue weighted by Crippen LogP contribution is -2.36. The lowest BCUT2D eigenvalue weighted by atomic mass is 10.2. The molecule has 0 unspecified atom stereocenters. The van der Waals surface area contributed by atoms with Crippen molar-refractivity contribution in [2.75, 3.05) is 36.6 Å². The zero-order chi connectivity index (χ0) is 14.4. The summed E-state index contributed by atoms with van der Waals surface area (Å²) in [6.45, 7) is 2.99. The van der Waals surface area contributed by atoms with Crippen LogP contribution in [0.25, 0.3) is 0 Å². The Morgan fingerprint density at radius 2 is 2.10 bits per heavy atom. The summed E-state index contributed by atoms with van der Waals surface area (Å²) in [5.74, 6) is -0.358. The smallest absolute Gasteiger partial charge is 0.201 e. The van der Waals surface area contributed by atoms with Crippen LogP contribution in [0.5, 0.6) is 0 Å². The molecule has 1 aromatic carbocycles. The second-order valence-corrected chi connectivity index (χ2v) is 4.21. The number of ether oxygens (including phenoxy) is 1. The van der Waals surface area contributed by atoms with Crippen LogP contribution in [0.3, 0.4) is 0 Å². The fourth-order valence-corrected chi connectivity index (χ4v) is 1.91. The molecule has 4 N–H and O–H groups in total. The molecule has 0 bridgehead atoms. The van der Waals surface area contributed by atoms with Gasteiger partial charge in [-0.3, -0.25) is 10.8 Å². The van der Waals surface area contributed by atoms with Crippen molar-refractivity contribution in [1.82, 2.24) is 0 Å². The molecule has 0 amide bonds. The predicted octanol–water partition coefficient (Wildman–Crippen LogP) is 0.751. The summed E-state index contributed by atoms with van der Waals surface area (Å²) >= 11 is 0. The number of hydrazone groups is 1. The number of hydrogen-bond donors (Lipinski definition) is 3. The van der Waals surface area contributed by atoms with Crippen LogP contribution in [0, 0.1) is 16.7 Å². The maximum Gasteiger partial charge on any atom is 0.201 e. The molecule has 0 aromatic heterocycles. The first-order chi connectivity index (χ1) is 9.72. The Kier molecular flexibility index (Phi) is 4.52. The van der Waals surface area contributed by atoms with Crippen LogP contribution in [-0.2, 0) is 4.74 Å². The molecule has 7 nitrogen and oxygen atoms in total. The van der Waals surface area contributed by atoms with Crippen molar-refractivity contribution in [1.29, 1.82) is 10.7 Å². The molecule has 1 heterocycles. The monoisotopic (exact) mass is 272 g/mol. The Morgan fingerprint density at radius 3 is 2.75 bits per heavy atom. The molecule has 0 aliphatic carbocycles. The number of para-hydroxylation sites is 2. The SMILES string of the molecule is N#C/C(=N\Nc1ccccc1N1CCOCC1)C(=N)N. The van der Waals surface area contributed by atoms with E-state index in [-0.39, 0.29) is 11.5 Å². The Hall–Kier alpha value is -2.59. The molecule has 1 aliphatic rings. The molecule has 1 aromatic rings. The summed E-state index contributed by atoms with van der Waals surface area (Å²) < 4.78 is 5.33. The van der Waals surface area contributed by atoms with Crippen molar-refractivity contribution in [3.05, 3.63) is 24.3 Å². The average molecular weight is 272 g/mol. The third kappa shape index (κ3) is 3.24. The number of nitriles is 1. The summed E-state index contributed by atoms with van der Waals surface area (Å²) in [6, 6.07) is 9.43. The zero-order valence-electron chi connectivity index (χ0n) is 11.0. The molecule has 0 radical (unpaired) electrons. The standard InChI is InChI=1S/C13H16N6O/c14-9-11(13(15)16)18-17-10-3-1-2-4-12(10)19-5-7-20-8-6-19/h1-4,17H,5-8H2,(H3,15,16)/b18-11+. The van der Waals surface area contributed by atoms with Crippen molar-refractivity contribution in [2.24, 2.45) is 10.8 Å². The highest BCUT2D eigenvalue weighted by atomic mass is 16.5. The average Bonchev–Trinajstić information content (AvgIpc) is 2.49. The Labute approximate surface area is 117 Å². The van der Waals surface area contributed by atoms with Gasteiger partial charge in [-0.15, -0.1) is 0 Å². The molecular formula is C13H16N6O. The van der Waals surface area contributed by atoms with Gasteiger partial charge in [0.25, 0.3) is 0 Å². The highest BCUT2D eigenvalue weighted by molar-refractivity contribution is 6.45. The first-order valence-electron chi connectivity index (χ1n) is 6.22. The number of nitrogens with one attached hydrogen (secondary N) is 2. The van der Waals surface area contributed by atoms with Gasteiger partial charge < -0.3 is 15.4 Å². The van der Waals surface area contributed by atoms with Gasteiger partial charge in [0.2, 0.25) is 5.71 Å². The lowest BCUT2D eigenvalue weighted by Gasteiger charge is -2.30. The molecular weight excluding hydrogens is 256 g/mol. The van der Waals surface area contributed by atoms with E-state index in [1.54, 1.807) is 6.07 Å². The maximum atomic E-state index is 8.82. The van der Waals surface area contributed by atoms with Gasteiger partial charge >= 0.3 is 0 Å². The largest absolute Gasteiger partial charge is 0.382 e. The zero-order valence-corrected chi connectivity index (χ0v) is 11.0. The van der Waals surface area contributed by atoms with E-state index in [1.807, 2.05) is 24.3 Å². The molecule has 0 atom stereocenters. The number of morpholine rings is 1. The number of hydrogen-bond acceptors (Lipinski definition) is 6. The van der Waals surface area contributed by atoms with Crippen LogP contribution in [0.4, 0.5) is 11.4 Å². The maximum absolute atomic E-state index is 8.82. The van der Waals surface area contributed by atoms with E-state index in [0.717, 1.165) is 24.5 Å². The number of rotatable bonds is 4. The van der Waals surface area contributed by atoms with Crippen LogP contribution in [0.2, 0.25) is 0 Å². The van der Waals surface area contributed by atoms with E-state index >= 15 is 0 Å². The molecule has 2 rings (SSSR count). The minimum atomic E-state index is -0.358. The van der Waals surface area contributed by atoms with Gasteiger partial charge in [-0.25, -0.2) is 0 Å². The van der Waals surface area contributed by atoms with Gasteiger partial charge in [-0.2, -0.15) is 10.4 Å². The van der Waals surface area contributed by atoms with E-state index < -0.39 is 0 Å². The van der Waals surface area contributed by atoms with Crippen LogP contribution >= 0.6 is 0 Å². The van der Waals surface area contributed by atoms with E-state index in [9.17, 15) is 0 Å². The Morgan fingerprint density at radius 1 is 1.40 bits per heavy atom. The van der Waals surface area contributed by atoms with Crippen molar-refractivity contribution < 1.29 is 4.74 Å². The lowest BCUT2D eigenvalue weighted by molar-refractivity contribution is 0.123. The van der Waals surface area contributed by atoms with Gasteiger partial charge in [0.15, 0.2) is 5.84 Å². The van der Waals surface area contributed by atoms with Gasteiger partial charge in [-0.05, 0) is 12.1 Å². The molecule has 1 aliphatic heterocycles. The molecule has 1 fully saturated rings. The van der Waals surface area contributed by atoms with E-state index in [2.05, 4.69) is 15.4 Å². The normalized spacial score (nSPS) is 15.6. The summed E-state index contributed by atoms with van der Waals surface area (Å²) in [5.41, 5.74) is 9.68. The highest BCUT2D eigenvalue weighted by Crippen LogP contribution is 2.26. The van der Waals surface area contributed by atoms with Crippen molar-refractivity contribution in [2.45, 2.75) is 0 Å². The summed E-state index contributed by atoms with van der Waals surface area (Å²) in [7, 11) is 0. The first kappa shape index (κ1) is 13.8. The van der Waals surface area contributed by atoms with Crippen molar-refractivity contribution in [3.8, 4) is 6.07 Å². The van der Waals surface area contributed by atoms with Crippen molar-refractivity contribution >= 4 is 22.9 Å². The first-order valence-corrected chi connectivity index (χ1v) is 6.22. The number of anilines is 2. The van der Waals surface area contributed by atoms with E-state index in [4.69, 9.17) is 21.1 Å². The third-order valence-corrected chi connectivity index (χ3v) is 2.91. The minimum absolute atomic E-state index is 0.137. The summed E-state index contributed by atoms with van der Waals surface area (Å²) in [4.78, 5) is 2.18. The second kappa shape index (κ2) is 6.54. The number of amidine groups is 1. The number of nitrogens with zero attached hydrogens (tertiary/aromatic N) is 3. The van der Waals surface area contributed by atoms with E-state index in [1.165, 1.54) is 0 Å².